The first kappa shape index (κ1) is 10.9. The number of primary amides is 1. The van der Waals surface area contributed by atoms with E-state index < -0.39 is 17.9 Å². The molecule has 0 aromatic rings. The Labute approximate surface area is 71.1 Å². The van der Waals surface area contributed by atoms with Crippen molar-refractivity contribution in [1.82, 2.24) is 4.90 Å². The Kier molecular flexibility index (Phi) is 4.28. The van der Waals surface area contributed by atoms with Crippen molar-refractivity contribution in [2.75, 3.05) is 14.1 Å². The van der Waals surface area contributed by atoms with Gasteiger partial charge in [0.05, 0.1) is 0 Å². The summed E-state index contributed by atoms with van der Waals surface area (Å²) in [6.45, 7) is 0. The number of nitrogens with two attached hydrogens (primary N) is 1. The lowest BCUT2D eigenvalue weighted by atomic mass is 10.1. The van der Waals surface area contributed by atoms with E-state index in [-0.39, 0.29) is 12.8 Å². The summed E-state index contributed by atoms with van der Waals surface area (Å²) < 4.78 is 0. The highest BCUT2D eigenvalue weighted by Gasteiger charge is 2.19. The Morgan fingerprint density at radius 1 is 1.50 bits per heavy atom. The van der Waals surface area contributed by atoms with Crippen LogP contribution in [-0.4, -0.2) is 42.0 Å². The number of carbonyl (C=O) groups excluding carboxylic acids is 1. The van der Waals surface area contributed by atoms with Crippen molar-refractivity contribution in [3.8, 4) is 0 Å². The van der Waals surface area contributed by atoms with Crippen LogP contribution < -0.4 is 5.73 Å². The van der Waals surface area contributed by atoms with Gasteiger partial charge in [-0.05, 0) is 20.5 Å². The third-order valence-corrected chi connectivity index (χ3v) is 1.57. The van der Waals surface area contributed by atoms with Gasteiger partial charge in [0.15, 0.2) is 0 Å². The van der Waals surface area contributed by atoms with E-state index in [0.29, 0.717) is 0 Å². The Morgan fingerprint density at radius 2 is 2.00 bits per heavy atom. The number of amides is 1. The van der Waals surface area contributed by atoms with E-state index in [1.807, 2.05) is 0 Å². The molecule has 0 aliphatic heterocycles. The fourth-order valence-corrected chi connectivity index (χ4v) is 0.882. The van der Waals surface area contributed by atoms with E-state index >= 15 is 0 Å². The number of nitrogens with zero attached hydrogens (tertiary/aromatic N) is 1. The van der Waals surface area contributed by atoms with Gasteiger partial charge in [-0.3, -0.25) is 14.5 Å². The van der Waals surface area contributed by atoms with Crippen LogP contribution in [0.15, 0.2) is 0 Å². The molecule has 0 aromatic heterocycles. The Hall–Kier alpha value is -1.10. The molecule has 1 amide bonds. The predicted octanol–water partition coefficient (Wildman–Crippen LogP) is -0.733. The minimum Gasteiger partial charge on any atom is -0.480 e. The summed E-state index contributed by atoms with van der Waals surface area (Å²) in [5.41, 5.74) is 4.89. The summed E-state index contributed by atoms with van der Waals surface area (Å²) in [5, 5.41) is 8.66. The maximum absolute atomic E-state index is 10.6. The minimum atomic E-state index is -0.929. The lowest BCUT2D eigenvalue weighted by Gasteiger charge is -2.18. The van der Waals surface area contributed by atoms with Crippen LogP contribution in [0.1, 0.15) is 12.8 Å². The van der Waals surface area contributed by atoms with Gasteiger partial charge in [-0.25, -0.2) is 0 Å². The van der Waals surface area contributed by atoms with Crippen LogP contribution in [0.2, 0.25) is 0 Å². The van der Waals surface area contributed by atoms with Crippen LogP contribution in [0.4, 0.5) is 0 Å². The highest BCUT2D eigenvalue weighted by molar-refractivity contribution is 5.77. The molecule has 0 aromatic carbocycles. The van der Waals surface area contributed by atoms with Crippen LogP contribution in [0, 0.1) is 0 Å². The number of hydrogen-bond donors (Lipinski definition) is 2. The van der Waals surface area contributed by atoms with Crippen LogP contribution in [0.5, 0.6) is 0 Å². The maximum atomic E-state index is 10.6. The first-order valence-electron chi connectivity index (χ1n) is 3.62. The van der Waals surface area contributed by atoms with E-state index in [4.69, 9.17) is 10.8 Å². The van der Waals surface area contributed by atoms with Gasteiger partial charge >= 0.3 is 5.97 Å². The molecule has 0 aliphatic rings. The number of hydrogen-bond acceptors (Lipinski definition) is 3. The van der Waals surface area contributed by atoms with Gasteiger partial charge in [0.25, 0.3) is 0 Å². The predicted molar refractivity (Wildman–Crippen MR) is 43.5 cm³/mol. The SMILES string of the molecule is CN(C)[C@@H](CCC(N)=O)C(=O)O. The molecule has 0 unspecified atom stereocenters. The highest BCUT2D eigenvalue weighted by atomic mass is 16.4. The van der Waals surface area contributed by atoms with Gasteiger partial charge in [-0.15, -0.1) is 0 Å². The van der Waals surface area contributed by atoms with E-state index in [2.05, 4.69) is 0 Å². The zero-order chi connectivity index (χ0) is 9.72. The molecule has 0 rings (SSSR count). The fourth-order valence-electron chi connectivity index (χ4n) is 0.882. The van der Waals surface area contributed by atoms with Gasteiger partial charge in [0.1, 0.15) is 6.04 Å². The third-order valence-electron chi connectivity index (χ3n) is 1.57. The van der Waals surface area contributed by atoms with Crippen LogP contribution in [-0.2, 0) is 9.59 Å². The van der Waals surface area contributed by atoms with Crippen molar-refractivity contribution in [2.24, 2.45) is 5.73 Å². The molecule has 70 valence electrons. The normalized spacial score (nSPS) is 12.9. The van der Waals surface area contributed by atoms with E-state index in [1.165, 1.54) is 0 Å². The first-order valence-corrected chi connectivity index (χ1v) is 3.62. The zero-order valence-corrected chi connectivity index (χ0v) is 7.28. The standard InChI is InChI=1S/C7H14N2O3/c1-9(2)5(7(11)12)3-4-6(8)10/h5H,3-4H2,1-2H3,(H2,8,10)(H,11,12)/t5-/m0/s1. The second-order valence-corrected chi connectivity index (χ2v) is 2.82. The molecular formula is C7H14N2O3. The van der Waals surface area contributed by atoms with E-state index in [0.717, 1.165) is 0 Å². The van der Waals surface area contributed by atoms with Gasteiger partial charge < -0.3 is 10.8 Å². The second-order valence-electron chi connectivity index (χ2n) is 2.82. The third kappa shape index (κ3) is 3.92. The molecular weight excluding hydrogens is 160 g/mol. The summed E-state index contributed by atoms with van der Waals surface area (Å²) >= 11 is 0. The van der Waals surface area contributed by atoms with Crippen molar-refractivity contribution < 1.29 is 14.7 Å². The highest BCUT2D eigenvalue weighted by Crippen LogP contribution is 2.02. The number of carboxylic acid groups (broad SMARTS) is 1. The quantitative estimate of drug-likeness (QED) is 0.575. The van der Waals surface area contributed by atoms with Crippen LogP contribution in [0.25, 0.3) is 0 Å². The topological polar surface area (TPSA) is 83.6 Å². The number of carbonyl (C=O) groups is 2. The van der Waals surface area contributed by atoms with E-state index in [1.54, 1.807) is 19.0 Å². The Morgan fingerprint density at radius 3 is 2.25 bits per heavy atom. The zero-order valence-electron chi connectivity index (χ0n) is 7.28. The molecule has 0 saturated carbocycles. The summed E-state index contributed by atoms with van der Waals surface area (Å²) in [6, 6.07) is -0.627. The summed E-state index contributed by atoms with van der Waals surface area (Å²) in [6.07, 6.45) is 0.368. The van der Waals surface area contributed by atoms with Gasteiger partial charge in [0, 0.05) is 6.42 Å². The molecule has 3 N–H and O–H groups in total. The molecule has 0 heterocycles. The number of aliphatic carboxylic acids is 1. The fraction of sp³-hybridized carbons (Fsp3) is 0.714. The largest absolute Gasteiger partial charge is 0.480 e. The summed E-state index contributed by atoms with van der Waals surface area (Å²) in [7, 11) is 3.31. The molecule has 0 aliphatic carbocycles. The second kappa shape index (κ2) is 4.71. The molecule has 0 fully saturated rings. The van der Waals surface area contributed by atoms with Crippen LogP contribution in [0.3, 0.4) is 0 Å². The number of likely N-dealkylation sites (N-methyl/N-ethyl adjacent to an activating group) is 1. The first-order chi connectivity index (χ1) is 5.45. The van der Waals surface area contributed by atoms with Gasteiger partial charge in [-0.1, -0.05) is 0 Å². The molecule has 0 spiro atoms. The average Bonchev–Trinajstić information content (AvgIpc) is 1.84. The molecule has 0 saturated heterocycles. The van der Waals surface area contributed by atoms with Crippen molar-refractivity contribution in [3.05, 3.63) is 0 Å². The van der Waals surface area contributed by atoms with Crippen molar-refractivity contribution >= 4 is 11.9 Å². The van der Waals surface area contributed by atoms with Crippen molar-refractivity contribution in [3.63, 3.8) is 0 Å². The lowest BCUT2D eigenvalue weighted by molar-refractivity contribution is -0.142. The molecule has 12 heavy (non-hydrogen) atoms. The van der Waals surface area contributed by atoms with Gasteiger partial charge in [-0.2, -0.15) is 0 Å². The maximum Gasteiger partial charge on any atom is 0.320 e. The van der Waals surface area contributed by atoms with Crippen molar-refractivity contribution in [1.29, 1.82) is 0 Å². The molecule has 5 heteroatoms. The average molecular weight is 174 g/mol. The minimum absolute atomic E-state index is 0.106. The van der Waals surface area contributed by atoms with Gasteiger partial charge in [0.2, 0.25) is 5.91 Å². The summed E-state index contributed by atoms with van der Waals surface area (Å²) in [4.78, 5) is 22.5. The van der Waals surface area contributed by atoms with Crippen LogP contribution >= 0.6 is 0 Å². The van der Waals surface area contributed by atoms with Crippen molar-refractivity contribution in [2.45, 2.75) is 18.9 Å². The molecule has 0 radical (unpaired) electrons. The number of rotatable bonds is 5. The number of carboxylic acids is 1. The Bertz CT molecular complexity index is 179. The molecule has 0 bridgehead atoms. The summed E-state index contributed by atoms with van der Waals surface area (Å²) in [5.74, 6) is -1.40. The molecule has 1 atom stereocenters. The lowest BCUT2D eigenvalue weighted by Crippen LogP contribution is -2.36. The Balaban J connectivity index is 3.97. The smallest absolute Gasteiger partial charge is 0.320 e. The monoisotopic (exact) mass is 174 g/mol. The van der Waals surface area contributed by atoms with E-state index in [9.17, 15) is 9.59 Å². The molecule has 5 nitrogen and oxygen atoms in total.